The van der Waals surface area contributed by atoms with Crippen LogP contribution in [-0.2, 0) is 6.42 Å². The standard InChI is InChI=1S/C17H21N/c1-18(2)12-11-15-6-3-5-14-7-4-8-16(17(14)15)13-9-10-13/h3-8,13H,9-12H2,1-2H3. The molecule has 0 saturated heterocycles. The topological polar surface area (TPSA) is 3.24 Å². The highest BCUT2D eigenvalue weighted by molar-refractivity contribution is 5.89. The van der Waals surface area contributed by atoms with Gasteiger partial charge in [0.05, 0.1) is 0 Å². The van der Waals surface area contributed by atoms with Gasteiger partial charge < -0.3 is 4.90 Å². The van der Waals surface area contributed by atoms with Crippen molar-refractivity contribution in [1.29, 1.82) is 0 Å². The Balaban J connectivity index is 2.06. The molecule has 1 aliphatic rings. The molecule has 1 saturated carbocycles. The predicted molar refractivity (Wildman–Crippen MR) is 78.2 cm³/mol. The zero-order chi connectivity index (χ0) is 12.5. The van der Waals surface area contributed by atoms with Gasteiger partial charge in [0, 0.05) is 6.54 Å². The first-order valence-corrected chi connectivity index (χ1v) is 6.91. The summed E-state index contributed by atoms with van der Waals surface area (Å²) in [6.45, 7) is 1.12. The van der Waals surface area contributed by atoms with E-state index in [4.69, 9.17) is 0 Å². The van der Waals surface area contributed by atoms with E-state index >= 15 is 0 Å². The fourth-order valence-corrected chi connectivity index (χ4v) is 2.74. The SMILES string of the molecule is CN(C)CCc1cccc2cccc(C3CC3)c12. The van der Waals surface area contributed by atoms with E-state index in [1.807, 2.05) is 0 Å². The van der Waals surface area contributed by atoms with Crippen molar-refractivity contribution >= 4 is 10.8 Å². The Labute approximate surface area is 109 Å². The maximum absolute atomic E-state index is 2.33. The number of rotatable bonds is 4. The largest absolute Gasteiger partial charge is 0.309 e. The highest BCUT2D eigenvalue weighted by Crippen LogP contribution is 2.43. The molecule has 2 aromatic rings. The van der Waals surface area contributed by atoms with Gasteiger partial charge in [-0.2, -0.15) is 0 Å². The summed E-state index contributed by atoms with van der Waals surface area (Å²) < 4.78 is 0. The molecule has 0 unspecified atom stereocenters. The van der Waals surface area contributed by atoms with Gasteiger partial charge >= 0.3 is 0 Å². The lowest BCUT2D eigenvalue weighted by Gasteiger charge is -2.14. The average Bonchev–Trinajstić information content (AvgIpc) is 3.19. The molecule has 0 spiro atoms. The third-order valence-electron chi connectivity index (χ3n) is 3.87. The zero-order valence-corrected chi connectivity index (χ0v) is 11.3. The van der Waals surface area contributed by atoms with Crippen LogP contribution in [0.2, 0.25) is 0 Å². The maximum Gasteiger partial charge on any atom is 0.00159 e. The van der Waals surface area contributed by atoms with Gasteiger partial charge in [-0.25, -0.2) is 0 Å². The van der Waals surface area contributed by atoms with Crippen LogP contribution in [0, 0.1) is 0 Å². The van der Waals surface area contributed by atoms with E-state index in [-0.39, 0.29) is 0 Å². The Bertz CT molecular complexity index is 547. The maximum atomic E-state index is 2.33. The number of nitrogens with zero attached hydrogens (tertiary/aromatic N) is 1. The van der Waals surface area contributed by atoms with Crippen molar-refractivity contribution in [2.45, 2.75) is 25.2 Å². The number of benzene rings is 2. The summed E-state index contributed by atoms with van der Waals surface area (Å²) in [6.07, 6.45) is 3.90. The monoisotopic (exact) mass is 239 g/mol. The molecule has 94 valence electrons. The number of fused-ring (bicyclic) bond motifs is 1. The molecule has 1 nitrogen and oxygen atoms in total. The normalized spacial score (nSPS) is 15.5. The Morgan fingerprint density at radius 3 is 2.44 bits per heavy atom. The van der Waals surface area contributed by atoms with E-state index < -0.39 is 0 Å². The van der Waals surface area contributed by atoms with Crippen LogP contribution in [0.5, 0.6) is 0 Å². The van der Waals surface area contributed by atoms with Gasteiger partial charge in [-0.1, -0.05) is 36.4 Å². The minimum absolute atomic E-state index is 0.828. The van der Waals surface area contributed by atoms with Crippen molar-refractivity contribution in [3.05, 3.63) is 47.5 Å². The van der Waals surface area contributed by atoms with Crippen LogP contribution in [0.4, 0.5) is 0 Å². The molecule has 0 atom stereocenters. The van der Waals surface area contributed by atoms with E-state index in [1.165, 1.54) is 29.2 Å². The first-order chi connectivity index (χ1) is 8.75. The molecule has 1 aliphatic carbocycles. The lowest BCUT2D eigenvalue weighted by molar-refractivity contribution is 0.414. The average molecular weight is 239 g/mol. The quantitative estimate of drug-likeness (QED) is 0.784. The molecule has 0 aliphatic heterocycles. The van der Waals surface area contributed by atoms with Crippen molar-refractivity contribution < 1.29 is 0 Å². The molecule has 0 amide bonds. The zero-order valence-electron chi connectivity index (χ0n) is 11.3. The van der Waals surface area contributed by atoms with Crippen molar-refractivity contribution in [2.24, 2.45) is 0 Å². The minimum Gasteiger partial charge on any atom is -0.309 e. The highest BCUT2D eigenvalue weighted by atomic mass is 15.0. The van der Waals surface area contributed by atoms with Gasteiger partial charge in [0.1, 0.15) is 0 Å². The van der Waals surface area contributed by atoms with E-state index in [0.29, 0.717) is 0 Å². The lowest BCUT2D eigenvalue weighted by Crippen LogP contribution is -2.15. The van der Waals surface area contributed by atoms with Gasteiger partial charge in [-0.15, -0.1) is 0 Å². The third-order valence-corrected chi connectivity index (χ3v) is 3.87. The summed E-state index contributed by atoms with van der Waals surface area (Å²) in [5, 5.41) is 2.94. The molecule has 0 heterocycles. The molecule has 0 aromatic heterocycles. The van der Waals surface area contributed by atoms with Crippen molar-refractivity contribution in [2.75, 3.05) is 20.6 Å². The molecule has 0 N–H and O–H groups in total. The highest BCUT2D eigenvalue weighted by Gasteiger charge is 2.25. The second kappa shape index (κ2) is 4.74. The lowest BCUT2D eigenvalue weighted by atomic mass is 9.95. The van der Waals surface area contributed by atoms with Crippen LogP contribution in [0.3, 0.4) is 0 Å². The van der Waals surface area contributed by atoms with Gasteiger partial charge in [0.25, 0.3) is 0 Å². The summed E-state index contributed by atoms with van der Waals surface area (Å²) in [5.74, 6) is 0.828. The molecule has 0 bridgehead atoms. The summed E-state index contributed by atoms with van der Waals surface area (Å²) >= 11 is 0. The summed E-state index contributed by atoms with van der Waals surface area (Å²) in [7, 11) is 4.29. The minimum atomic E-state index is 0.828. The summed E-state index contributed by atoms with van der Waals surface area (Å²) in [6, 6.07) is 13.5. The van der Waals surface area contributed by atoms with Gasteiger partial charge in [0.2, 0.25) is 0 Å². The number of likely N-dealkylation sites (N-methyl/N-ethyl adjacent to an activating group) is 1. The molecule has 1 fully saturated rings. The van der Waals surface area contributed by atoms with Crippen LogP contribution in [0.15, 0.2) is 36.4 Å². The van der Waals surface area contributed by atoms with Crippen molar-refractivity contribution in [3.8, 4) is 0 Å². The third kappa shape index (κ3) is 2.28. The van der Waals surface area contributed by atoms with Gasteiger partial charge in [0.15, 0.2) is 0 Å². The molecule has 2 aromatic carbocycles. The summed E-state index contributed by atoms with van der Waals surface area (Å²) in [4.78, 5) is 2.26. The smallest absolute Gasteiger partial charge is 0.00159 e. The Kier molecular flexibility index (Phi) is 3.09. The molecule has 0 radical (unpaired) electrons. The fraction of sp³-hybridized carbons (Fsp3) is 0.412. The van der Waals surface area contributed by atoms with Crippen LogP contribution in [0.1, 0.15) is 29.9 Å². The molecule has 3 rings (SSSR count). The van der Waals surface area contributed by atoms with Crippen molar-refractivity contribution in [1.82, 2.24) is 4.90 Å². The molecular formula is C17H21N. The molecule has 1 heteroatoms. The van der Waals surface area contributed by atoms with Crippen LogP contribution >= 0.6 is 0 Å². The van der Waals surface area contributed by atoms with Gasteiger partial charge in [-0.05, 0) is 61.2 Å². The second-order valence-electron chi connectivity index (χ2n) is 5.69. The Morgan fingerprint density at radius 1 is 1.06 bits per heavy atom. The Morgan fingerprint density at radius 2 is 1.78 bits per heavy atom. The van der Waals surface area contributed by atoms with Crippen LogP contribution in [-0.4, -0.2) is 25.5 Å². The first kappa shape index (κ1) is 11.7. The fourth-order valence-electron chi connectivity index (χ4n) is 2.74. The second-order valence-corrected chi connectivity index (χ2v) is 5.69. The number of hydrogen-bond donors (Lipinski definition) is 0. The Hall–Kier alpha value is -1.34. The van der Waals surface area contributed by atoms with Crippen molar-refractivity contribution in [3.63, 3.8) is 0 Å². The first-order valence-electron chi connectivity index (χ1n) is 6.91. The van der Waals surface area contributed by atoms with Crippen LogP contribution in [0.25, 0.3) is 10.8 Å². The van der Waals surface area contributed by atoms with Crippen LogP contribution < -0.4 is 0 Å². The van der Waals surface area contributed by atoms with E-state index in [1.54, 1.807) is 5.56 Å². The molecule has 18 heavy (non-hydrogen) atoms. The van der Waals surface area contributed by atoms with E-state index in [0.717, 1.165) is 18.9 Å². The number of hydrogen-bond acceptors (Lipinski definition) is 1. The van der Waals surface area contributed by atoms with E-state index in [2.05, 4.69) is 55.4 Å². The molecular weight excluding hydrogens is 218 g/mol. The predicted octanol–water partition coefficient (Wildman–Crippen LogP) is 3.82. The van der Waals surface area contributed by atoms with Gasteiger partial charge in [-0.3, -0.25) is 0 Å². The summed E-state index contributed by atoms with van der Waals surface area (Å²) in [5.41, 5.74) is 3.10. The van der Waals surface area contributed by atoms with E-state index in [9.17, 15) is 0 Å².